The SMILES string of the molecule is C#CCOc1ccc(/C=C2\SC(=S)N(CC)C2=O)cc1I. The van der Waals surface area contributed by atoms with Crippen LogP contribution < -0.4 is 4.74 Å². The maximum Gasteiger partial charge on any atom is 0.266 e. The van der Waals surface area contributed by atoms with Crippen molar-refractivity contribution in [2.24, 2.45) is 0 Å². The van der Waals surface area contributed by atoms with Crippen LogP contribution >= 0.6 is 46.6 Å². The number of likely N-dealkylation sites (N-methyl/N-ethyl adjacent to an activating group) is 1. The van der Waals surface area contributed by atoms with E-state index in [4.69, 9.17) is 23.4 Å². The van der Waals surface area contributed by atoms with Gasteiger partial charge in [0.05, 0.1) is 8.48 Å². The van der Waals surface area contributed by atoms with Gasteiger partial charge in [0.1, 0.15) is 16.7 Å². The summed E-state index contributed by atoms with van der Waals surface area (Å²) in [6.07, 6.45) is 7.02. The number of rotatable bonds is 4. The Morgan fingerprint density at radius 2 is 2.33 bits per heavy atom. The first-order chi connectivity index (χ1) is 10.1. The highest BCUT2D eigenvalue weighted by atomic mass is 127. The predicted molar refractivity (Wildman–Crippen MR) is 99.0 cm³/mol. The Balaban J connectivity index is 2.22. The largest absolute Gasteiger partial charge is 0.480 e. The van der Waals surface area contributed by atoms with Crippen LogP contribution in [0.4, 0.5) is 0 Å². The third kappa shape index (κ3) is 3.78. The molecule has 0 atom stereocenters. The van der Waals surface area contributed by atoms with E-state index in [2.05, 4.69) is 28.5 Å². The number of benzene rings is 1. The van der Waals surface area contributed by atoms with Gasteiger partial charge in [0.2, 0.25) is 0 Å². The van der Waals surface area contributed by atoms with E-state index < -0.39 is 0 Å². The Labute approximate surface area is 147 Å². The fourth-order valence-electron chi connectivity index (χ4n) is 1.77. The molecule has 1 amide bonds. The minimum Gasteiger partial charge on any atom is -0.480 e. The Hall–Kier alpha value is -1.04. The fourth-order valence-corrected chi connectivity index (χ4v) is 3.85. The minimum absolute atomic E-state index is 0.0323. The number of nitrogens with zero attached hydrogens (tertiary/aromatic N) is 1. The molecule has 0 N–H and O–H groups in total. The molecule has 1 saturated heterocycles. The van der Waals surface area contributed by atoms with Crippen LogP contribution in [-0.4, -0.2) is 28.3 Å². The maximum atomic E-state index is 12.1. The van der Waals surface area contributed by atoms with Crippen molar-refractivity contribution in [3.05, 3.63) is 32.2 Å². The van der Waals surface area contributed by atoms with Crippen LogP contribution in [-0.2, 0) is 4.79 Å². The number of carbonyl (C=O) groups is 1. The van der Waals surface area contributed by atoms with Gasteiger partial charge in [-0.1, -0.05) is 36.0 Å². The zero-order chi connectivity index (χ0) is 15.4. The molecule has 6 heteroatoms. The molecule has 0 bridgehead atoms. The lowest BCUT2D eigenvalue weighted by Gasteiger charge is -2.09. The van der Waals surface area contributed by atoms with Crippen LogP contribution in [0, 0.1) is 15.9 Å². The summed E-state index contributed by atoms with van der Waals surface area (Å²) in [7, 11) is 0. The average molecular weight is 429 g/mol. The third-order valence-corrected chi connectivity index (χ3v) is 4.98. The Kier molecular flexibility index (Phi) is 5.67. The Morgan fingerprint density at radius 3 is 2.90 bits per heavy atom. The first-order valence-corrected chi connectivity index (χ1v) is 8.48. The van der Waals surface area contributed by atoms with Crippen molar-refractivity contribution in [1.82, 2.24) is 4.90 Å². The number of hydrogen-bond donors (Lipinski definition) is 0. The van der Waals surface area contributed by atoms with Crippen LogP contribution in [0.5, 0.6) is 5.75 Å². The molecule has 1 aromatic rings. The number of thioether (sulfide) groups is 1. The summed E-state index contributed by atoms with van der Waals surface area (Å²) in [5, 5.41) is 0. The van der Waals surface area contributed by atoms with E-state index in [9.17, 15) is 4.79 Å². The molecule has 1 aliphatic rings. The van der Waals surface area contributed by atoms with Crippen molar-refractivity contribution in [3.8, 4) is 18.1 Å². The molecular formula is C15H12INO2S2. The summed E-state index contributed by atoms with van der Waals surface area (Å²) in [6, 6.07) is 5.70. The van der Waals surface area contributed by atoms with Crippen LogP contribution in [0.3, 0.4) is 0 Å². The smallest absolute Gasteiger partial charge is 0.266 e. The standard InChI is InChI=1S/C15H12INO2S2/c1-3-7-19-12-6-5-10(8-11(12)16)9-13-14(18)17(4-2)15(20)21-13/h1,5-6,8-9H,4,7H2,2H3/b13-9-. The number of carbonyl (C=O) groups excluding carboxylic acids is 1. The van der Waals surface area contributed by atoms with Crippen molar-refractivity contribution in [3.63, 3.8) is 0 Å². The average Bonchev–Trinajstić information content (AvgIpc) is 2.72. The number of hydrogen-bond acceptors (Lipinski definition) is 4. The van der Waals surface area contributed by atoms with E-state index in [1.807, 2.05) is 31.2 Å². The second-order valence-corrected chi connectivity index (χ2v) is 6.95. The van der Waals surface area contributed by atoms with Gasteiger partial charge in [0.15, 0.2) is 0 Å². The quantitative estimate of drug-likeness (QED) is 0.317. The first-order valence-electron chi connectivity index (χ1n) is 6.18. The summed E-state index contributed by atoms with van der Waals surface area (Å²) in [5.74, 6) is 3.14. The van der Waals surface area contributed by atoms with Gasteiger partial charge in [-0.3, -0.25) is 9.69 Å². The number of halogens is 1. The van der Waals surface area contributed by atoms with Crippen molar-refractivity contribution in [2.45, 2.75) is 6.92 Å². The van der Waals surface area contributed by atoms with Crippen molar-refractivity contribution >= 4 is 62.9 Å². The van der Waals surface area contributed by atoms with E-state index in [0.29, 0.717) is 15.8 Å². The summed E-state index contributed by atoms with van der Waals surface area (Å²) in [6.45, 7) is 2.75. The zero-order valence-corrected chi connectivity index (χ0v) is 15.0. The molecule has 1 fully saturated rings. The van der Waals surface area contributed by atoms with Crippen LogP contribution in [0.1, 0.15) is 12.5 Å². The van der Waals surface area contributed by atoms with Gasteiger partial charge in [-0.2, -0.15) is 0 Å². The fraction of sp³-hybridized carbons (Fsp3) is 0.200. The van der Waals surface area contributed by atoms with Crippen molar-refractivity contribution < 1.29 is 9.53 Å². The molecule has 2 rings (SSSR count). The molecule has 3 nitrogen and oxygen atoms in total. The normalized spacial score (nSPS) is 16.4. The number of thiocarbonyl (C=S) groups is 1. The second kappa shape index (κ2) is 7.29. The molecule has 0 unspecified atom stereocenters. The molecule has 1 heterocycles. The van der Waals surface area contributed by atoms with E-state index in [-0.39, 0.29) is 12.5 Å². The molecule has 1 aliphatic heterocycles. The molecule has 0 saturated carbocycles. The number of ether oxygens (including phenoxy) is 1. The van der Waals surface area contributed by atoms with E-state index in [0.717, 1.165) is 14.9 Å². The van der Waals surface area contributed by atoms with Gasteiger partial charge < -0.3 is 4.74 Å². The van der Waals surface area contributed by atoms with Gasteiger partial charge in [0, 0.05) is 6.54 Å². The van der Waals surface area contributed by atoms with Crippen molar-refractivity contribution in [1.29, 1.82) is 0 Å². The molecule has 0 spiro atoms. The number of amides is 1. The topological polar surface area (TPSA) is 29.5 Å². The van der Waals surface area contributed by atoms with Gasteiger partial charge in [-0.05, 0) is 53.3 Å². The van der Waals surface area contributed by atoms with Crippen LogP contribution in [0.2, 0.25) is 0 Å². The van der Waals surface area contributed by atoms with Gasteiger partial charge in [-0.15, -0.1) is 6.42 Å². The van der Waals surface area contributed by atoms with E-state index in [1.54, 1.807) is 4.90 Å². The highest BCUT2D eigenvalue weighted by Gasteiger charge is 2.30. The Bertz CT molecular complexity index is 664. The van der Waals surface area contributed by atoms with Crippen LogP contribution in [0.25, 0.3) is 6.08 Å². The summed E-state index contributed by atoms with van der Waals surface area (Å²) < 4.78 is 6.97. The summed E-state index contributed by atoms with van der Waals surface area (Å²) in [5.41, 5.74) is 0.934. The molecule has 21 heavy (non-hydrogen) atoms. The van der Waals surface area contributed by atoms with Crippen LogP contribution in [0.15, 0.2) is 23.1 Å². The van der Waals surface area contributed by atoms with E-state index in [1.165, 1.54) is 11.8 Å². The highest BCUT2D eigenvalue weighted by molar-refractivity contribution is 14.1. The molecule has 1 aromatic carbocycles. The van der Waals surface area contributed by atoms with Gasteiger partial charge in [-0.25, -0.2) is 0 Å². The van der Waals surface area contributed by atoms with E-state index >= 15 is 0 Å². The molecule has 108 valence electrons. The Morgan fingerprint density at radius 1 is 1.57 bits per heavy atom. The van der Waals surface area contributed by atoms with Crippen molar-refractivity contribution in [2.75, 3.05) is 13.2 Å². The third-order valence-electron chi connectivity index (χ3n) is 2.75. The maximum absolute atomic E-state index is 12.1. The zero-order valence-electron chi connectivity index (χ0n) is 11.3. The lowest BCUT2D eigenvalue weighted by Crippen LogP contribution is -2.27. The highest BCUT2D eigenvalue weighted by Crippen LogP contribution is 2.33. The van der Waals surface area contributed by atoms with Gasteiger partial charge >= 0.3 is 0 Å². The lowest BCUT2D eigenvalue weighted by atomic mass is 10.2. The summed E-state index contributed by atoms with van der Waals surface area (Å²) in [4.78, 5) is 14.4. The minimum atomic E-state index is -0.0323. The first kappa shape index (κ1) is 16.3. The second-order valence-electron chi connectivity index (χ2n) is 4.11. The molecular weight excluding hydrogens is 417 g/mol. The van der Waals surface area contributed by atoms with Gasteiger partial charge in [0.25, 0.3) is 5.91 Å². The molecule has 0 radical (unpaired) electrons. The number of terminal acetylenes is 1. The monoisotopic (exact) mass is 429 g/mol. The summed E-state index contributed by atoms with van der Waals surface area (Å²) >= 11 is 8.71. The lowest BCUT2D eigenvalue weighted by molar-refractivity contribution is -0.121. The molecule has 0 aromatic heterocycles. The predicted octanol–water partition coefficient (Wildman–Crippen LogP) is 3.52. The molecule has 0 aliphatic carbocycles.